The highest BCUT2D eigenvalue weighted by Crippen LogP contribution is 2.34. The van der Waals surface area contributed by atoms with Crippen molar-refractivity contribution < 1.29 is 0 Å². The molecule has 74 valence electrons. The van der Waals surface area contributed by atoms with E-state index in [9.17, 15) is 0 Å². The summed E-state index contributed by atoms with van der Waals surface area (Å²) in [7, 11) is 0. The minimum atomic E-state index is 0.549. The standard InChI is InChI=1S/C11H20N2/c1-11(2)6-4-10(5-7-11)13-9-3-8-12/h10,13H,3-7,9H2,1-2H3. The summed E-state index contributed by atoms with van der Waals surface area (Å²) in [5, 5.41) is 11.8. The average molecular weight is 180 g/mol. The molecule has 2 nitrogen and oxygen atoms in total. The second-order valence-corrected chi connectivity index (χ2v) is 4.80. The summed E-state index contributed by atoms with van der Waals surface area (Å²) in [4.78, 5) is 0. The highest BCUT2D eigenvalue weighted by Gasteiger charge is 2.25. The molecular weight excluding hydrogens is 160 g/mol. The molecule has 0 atom stereocenters. The molecule has 13 heavy (non-hydrogen) atoms. The summed E-state index contributed by atoms with van der Waals surface area (Å²) in [6.07, 6.45) is 5.82. The van der Waals surface area contributed by atoms with Gasteiger partial charge in [-0.15, -0.1) is 0 Å². The van der Waals surface area contributed by atoms with Crippen LogP contribution in [0.4, 0.5) is 0 Å². The van der Waals surface area contributed by atoms with Crippen LogP contribution in [0.2, 0.25) is 0 Å². The predicted molar refractivity (Wildman–Crippen MR) is 54.3 cm³/mol. The maximum Gasteiger partial charge on any atom is 0.0635 e. The molecule has 1 aliphatic rings. The molecule has 2 heteroatoms. The van der Waals surface area contributed by atoms with Crippen LogP contribution in [0.1, 0.15) is 46.0 Å². The fourth-order valence-electron chi connectivity index (χ4n) is 1.94. The zero-order chi connectivity index (χ0) is 9.73. The van der Waals surface area contributed by atoms with E-state index in [0.29, 0.717) is 17.9 Å². The van der Waals surface area contributed by atoms with Gasteiger partial charge in [-0.25, -0.2) is 0 Å². The van der Waals surface area contributed by atoms with Gasteiger partial charge in [0.1, 0.15) is 0 Å². The largest absolute Gasteiger partial charge is 0.313 e. The minimum Gasteiger partial charge on any atom is -0.313 e. The Bertz CT molecular complexity index is 181. The third-order valence-corrected chi connectivity index (χ3v) is 3.01. The summed E-state index contributed by atoms with van der Waals surface area (Å²) in [5.41, 5.74) is 0.549. The molecule has 0 aromatic heterocycles. The Kier molecular flexibility index (Phi) is 3.74. The molecule has 0 aromatic carbocycles. The Morgan fingerprint density at radius 1 is 1.38 bits per heavy atom. The lowest BCUT2D eigenvalue weighted by atomic mass is 9.75. The fourth-order valence-corrected chi connectivity index (χ4v) is 1.94. The van der Waals surface area contributed by atoms with Gasteiger partial charge < -0.3 is 5.32 Å². The predicted octanol–water partition coefficient (Wildman–Crippen LogP) is 2.46. The van der Waals surface area contributed by atoms with E-state index in [4.69, 9.17) is 5.26 Å². The second-order valence-electron chi connectivity index (χ2n) is 4.80. The first-order valence-corrected chi connectivity index (χ1v) is 5.24. The zero-order valence-corrected chi connectivity index (χ0v) is 8.77. The molecule has 0 radical (unpaired) electrons. The van der Waals surface area contributed by atoms with Gasteiger partial charge in [0.2, 0.25) is 0 Å². The topological polar surface area (TPSA) is 35.8 Å². The van der Waals surface area contributed by atoms with E-state index in [1.165, 1.54) is 25.7 Å². The van der Waals surface area contributed by atoms with Gasteiger partial charge in [-0.1, -0.05) is 13.8 Å². The van der Waals surface area contributed by atoms with Crippen LogP contribution in [-0.4, -0.2) is 12.6 Å². The number of nitrogens with one attached hydrogen (secondary N) is 1. The van der Waals surface area contributed by atoms with Gasteiger partial charge in [0, 0.05) is 19.0 Å². The lowest BCUT2D eigenvalue weighted by Crippen LogP contribution is -2.35. The Balaban J connectivity index is 2.15. The van der Waals surface area contributed by atoms with Crippen LogP contribution in [0.3, 0.4) is 0 Å². The molecule has 1 saturated carbocycles. The van der Waals surface area contributed by atoms with Gasteiger partial charge in [0.05, 0.1) is 6.07 Å². The van der Waals surface area contributed by atoms with Gasteiger partial charge in [-0.05, 0) is 31.1 Å². The summed E-state index contributed by atoms with van der Waals surface area (Å²) in [6.45, 7) is 5.55. The molecule has 0 heterocycles. The van der Waals surface area contributed by atoms with E-state index in [1.54, 1.807) is 0 Å². The maximum atomic E-state index is 8.39. The molecular formula is C11H20N2. The summed E-state index contributed by atoms with van der Waals surface area (Å²) >= 11 is 0. The van der Waals surface area contributed by atoms with Crippen LogP contribution in [0.15, 0.2) is 0 Å². The molecule has 1 aliphatic carbocycles. The number of rotatable bonds is 3. The average Bonchev–Trinajstić information content (AvgIpc) is 2.08. The van der Waals surface area contributed by atoms with Gasteiger partial charge in [0.25, 0.3) is 0 Å². The van der Waals surface area contributed by atoms with Crippen molar-refractivity contribution in [2.75, 3.05) is 6.54 Å². The SMILES string of the molecule is CC1(C)CCC(NCCC#N)CC1. The lowest BCUT2D eigenvalue weighted by Gasteiger charge is -2.34. The maximum absolute atomic E-state index is 8.39. The van der Waals surface area contributed by atoms with Crippen molar-refractivity contribution in [1.82, 2.24) is 5.32 Å². The molecule has 1 N–H and O–H groups in total. The minimum absolute atomic E-state index is 0.549. The molecule has 0 saturated heterocycles. The van der Waals surface area contributed by atoms with Gasteiger partial charge in [0.15, 0.2) is 0 Å². The Morgan fingerprint density at radius 3 is 2.54 bits per heavy atom. The van der Waals surface area contributed by atoms with E-state index >= 15 is 0 Å². The quantitative estimate of drug-likeness (QED) is 0.677. The van der Waals surface area contributed by atoms with Gasteiger partial charge in [-0.3, -0.25) is 0 Å². The number of hydrogen-bond donors (Lipinski definition) is 1. The first-order chi connectivity index (χ1) is 6.14. The second kappa shape index (κ2) is 4.62. The highest BCUT2D eigenvalue weighted by atomic mass is 14.9. The molecule has 0 bridgehead atoms. The molecule has 0 spiro atoms. The van der Waals surface area contributed by atoms with E-state index in [2.05, 4.69) is 25.2 Å². The Morgan fingerprint density at radius 2 is 2.00 bits per heavy atom. The van der Waals surface area contributed by atoms with E-state index < -0.39 is 0 Å². The highest BCUT2D eigenvalue weighted by molar-refractivity contribution is 4.83. The molecule has 0 unspecified atom stereocenters. The van der Waals surface area contributed by atoms with Crippen molar-refractivity contribution in [3.63, 3.8) is 0 Å². The van der Waals surface area contributed by atoms with Gasteiger partial charge in [-0.2, -0.15) is 5.26 Å². The molecule has 0 aromatic rings. The summed E-state index contributed by atoms with van der Waals surface area (Å²) < 4.78 is 0. The smallest absolute Gasteiger partial charge is 0.0635 e. The number of nitrogens with zero attached hydrogens (tertiary/aromatic N) is 1. The lowest BCUT2D eigenvalue weighted by molar-refractivity contribution is 0.207. The Labute approximate surface area is 81.3 Å². The molecule has 0 aliphatic heterocycles. The van der Waals surface area contributed by atoms with Crippen LogP contribution in [0.5, 0.6) is 0 Å². The normalized spacial score (nSPS) is 22.5. The van der Waals surface area contributed by atoms with Crippen molar-refractivity contribution in [2.24, 2.45) is 5.41 Å². The van der Waals surface area contributed by atoms with Crippen molar-refractivity contribution in [3.05, 3.63) is 0 Å². The van der Waals surface area contributed by atoms with Gasteiger partial charge >= 0.3 is 0 Å². The van der Waals surface area contributed by atoms with E-state index in [1.807, 2.05) is 0 Å². The Hall–Kier alpha value is -0.550. The molecule has 1 fully saturated rings. The van der Waals surface area contributed by atoms with E-state index in [0.717, 1.165) is 6.54 Å². The van der Waals surface area contributed by atoms with Crippen molar-refractivity contribution in [3.8, 4) is 6.07 Å². The first-order valence-electron chi connectivity index (χ1n) is 5.24. The number of nitriles is 1. The van der Waals surface area contributed by atoms with Crippen LogP contribution in [0.25, 0.3) is 0 Å². The molecule has 1 rings (SSSR count). The van der Waals surface area contributed by atoms with E-state index in [-0.39, 0.29) is 0 Å². The zero-order valence-electron chi connectivity index (χ0n) is 8.77. The van der Waals surface area contributed by atoms with Crippen molar-refractivity contribution >= 4 is 0 Å². The number of hydrogen-bond acceptors (Lipinski definition) is 2. The van der Waals surface area contributed by atoms with Crippen LogP contribution in [-0.2, 0) is 0 Å². The summed E-state index contributed by atoms with van der Waals surface area (Å²) in [5.74, 6) is 0. The monoisotopic (exact) mass is 180 g/mol. The van der Waals surface area contributed by atoms with Crippen LogP contribution < -0.4 is 5.32 Å². The first kappa shape index (κ1) is 10.5. The third-order valence-electron chi connectivity index (χ3n) is 3.01. The summed E-state index contributed by atoms with van der Waals surface area (Å²) in [6, 6.07) is 2.83. The molecule has 0 amide bonds. The fraction of sp³-hybridized carbons (Fsp3) is 0.909. The third kappa shape index (κ3) is 3.78. The van der Waals surface area contributed by atoms with Crippen LogP contribution >= 0.6 is 0 Å². The van der Waals surface area contributed by atoms with Crippen molar-refractivity contribution in [2.45, 2.75) is 52.0 Å². The van der Waals surface area contributed by atoms with Crippen LogP contribution in [0, 0.1) is 16.7 Å². The van der Waals surface area contributed by atoms with Crippen molar-refractivity contribution in [1.29, 1.82) is 5.26 Å².